The molecule has 1 aliphatic heterocycles. The van der Waals surface area contributed by atoms with E-state index in [1.807, 2.05) is 44.3 Å². The smallest absolute Gasteiger partial charge is 0.253 e. The van der Waals surface area contributed by atoms with Crippen molar-refractivity contribution < 1.29 is 0 Å². The number of aliphatic imine (C=N–C) groups is 1. The number of nitrogens with zero attached hydrogens (tertiary/aromatic N) is 5. The highest BCUT2D eigenvalue weighted by molar-refractivity contribution is 5.83. The first-order valence-electron chi connectivity index (χ1n) is 7.16. The summed E-state index contributed by atoms with van der Waals surface area (Å²) >= 11 is 0. The molecule has 0 radical (unpaired) electrons. The van der Waals surface area contributed by atoms with Crippen molar-refractivity contribution in [3.05, 3.63) is 53.3 Å². The predicted octanol–water partition coefficient (Wildman–Crippen LogP) is 2.47. The summed E-state index contributed by atoms with van der Waals surface area (Å²) in [6.07, 6.45) is 2.65. The maximum Gasteiger partial charge on any atom is 0.253 e. The van der Waals surface area contributed by atoms with Gasteiger partial charge in [0.2, 0.25) is 5.96 Å². The Kier molecular flexibility index (Phi) is 3.82. The number of rotatable bonds is 2. The van der Waals surface area contributed by atoms with Crippen molar-refractivity contribution in [1.29, 1.82) is 0 Å². The first-order valence-corrected chi connectivity index (χ1v) is 7.16. The Morgan fingerprint density at radius 2 is 1.86 bits per heavy atom. The quantitative estimate of drug-likeness (QED) is 0.681. The zero-order valence-electron chi connectivity index (χ0n) is 12.6. The van der Waals surface area contributed by atoms with E-state index >= 15 is 0 Å². The van der Waals surface area contributed by atoms with Gasteiger partial charge in [-0.15, -0.1) is 0 Å². The molecule has 1 aliphatic rings. The molecule has 0 amide bonds. The van der Waals surface area contributed by atoms with Gasteiger partial charge in [-0.1, -0.05) is 30.3 Å². The van der Waals surface area contributed by atoms with E-state index < -0.39 is 0 Å². The van der Waals surface area contributed by atoms with Gasteiger partial charge in [0.15, 0.2) is 0 Å². The minimum absolute atomic E-state index is 0.0656. The Hall–Kier alpha value is -2.76. The van der Waals surface area contributed by atoms with E-state index in [1.54, 1.807) is 5.01 Å². The molecule has 0 bridgehead atoms. The zero-order valence-corrected chi connectivity index (χ0v) is 12.6. The Morgan fingerprint density at radius 3 is 2.55 bits per heavy atom. The van der Waals surface area contributed by atoms with Crippen molar-refractivity contribution in [3.8, 4) is 0 Å². The molecular weight excluding hydrogens is 276 g/mol. The van der Waals surface area contributed by atoms with Crippen molar-refractivity contribution in [1.82, 2.24) is 15.0 Å². The molecule has 1 atom stereocenters. The van der Waals surface area contributed by atoms with Crippen LogP contribution in [0.4, 0.5) is 5.95 Å². The van der Waals surface area contributed by atoms with Gasteiger partial charge in [-0.3, -0.25) is 0 Å². The molecule has 0 fully saturated rings. The number of nitrogens with two attached hydrogens (primary N) is 1. The van der Waals surface area contributed by atoms with E-state index in [-0.39, 0.29) is 6.04 Å². The monoisotopic (exact) mass is 294 g/mol. The van der Waals surface area contributed by atoms with Gasteiger partial charge in [0.25, 0.3) is 5.95 Å². The Bertz CT molecular complexity index is 702. The fourth-order valence-electron chi connectivity index (χ4n) is 2.50. The van der Waals surface area contributed by atoms with Crippen molar-refractivity contribution >= 4 is 18.1 Å². The first-order chi connectivity index (χ1) is 10.6. The molecule has 6 heteroatoms. The van der Waals surface area contributed by atoms with Crippen molar-refractivity contribution in [2.75, 3.05) is 0 Å². The summed E-state index contributed by atoms with van der Waals surface area (Å²) in [6, 6.07) is 12.1. The van der Waals surface area contributed by atoms with Crippen molar-refractivity contribution in [2.45, 2.75) is 26.3 Å². The highest BCUT2D eigenvalue weighted by atomic mass is 15.5. The maximum atomic E-state index is 6.12. The second kappa shape index (κ2) is 5.93. The van der Waals surface area contributed by atoms with E-state index in [2.05, 4.69) is 32.2 Å². The van der Waals surface area contributed by atoms with E-state index in [0.717, 1.165) is 23.4 Å². The molecular formula is C16H18N6. The number of hydrazone groups is 1. The number of hydrogen-bond acceptors (Lipinski definition) is 4. The third-order valence-corrected chi connectivity index (χ3v) is 3.43. The third kappa shape index (κ3) is 2.95. The average Bonchev–Trinajstić information content (AvgIpc) is 2.96. The van der Waals surface area contributed by atoms with Gasteiger partial charge < -0.3 is 5.73 Å². The number of guanidine groups is 1. The summed E-state index contributed by atoms with van der Waals surface area (Å²) in [7, 11) is 0. The molecule has 6 nitrogen and oxygen atoms in total. The van der Waals surface area contributed by atoms with Crippen LogP contribution in [0.1, 0.15) is 29.4 Å². The molecule has 2 N–H and O–H groups in total. The van der Waals surface area contributed by atoms with Gasteiger partial charge in [-0.25, -0.2) is 15.0 Å². The molecule has 3 rings (SSSR count). The van der Waals surface area contributed by atoms with Crippen LogP contribution in [0.2, 0.25) is 0 Å². The van der Waals surface area contributed by atoms with Crippen LogP contribution in [-0.2, 0) is 0 Å². The fraction of sp³-hybridized carbons (Fsp3) is 0.250. The maximum absolute atomic E-state index is 6.12. The van der Waals surface area contributed by atoms with Gasteiger partial charge >= 0.3 is 0 Å². The van der Waals surface area contributed by atoms with Crippen molar-refractivity contribution in [3.63, 3.8) is 0 Å². The van der Waals surface area contributed by atoms with Gasteiger partial charge in [0.1, 0.15) is 0 Å². The number of benzene rings is 1. The number of hydrogen-bond donors (Lipinski definition) is 1. The lowest BCUT2D eigenvalue weighted by Crippen LogP contribution is -2.33. The molecule has 1 aromatic carbocycles. The summed E-state index contributed by atoms with van der Waals surface area (Å²) in [6.45, 7) is 3.81. The van der Waals surface area contributed by atoms with Crippen LogP contribution in [0.25, 0.3) is 0 Å². The SMILES string of the molecule is Cc1cc(C)nc(N=C(N)N2N=CC[C@@H]2c2ccccc2)n1. The standard InChI is InChI=1S/C16H18N6/c1-11-10-12(2)20-16(19-11)21-15(17)22-14(8-9-18-22)13-6-4-3-5-7-13/h3-7,9-10,14H,8H2,1-2H3,(H2,17,19,20,21)/t14-/m1/s1. The molecule has 0 saturated carbocycles. The number of aromatic nitrogens is 2. The topological polar surface area (TPSA) is 79.8 Å². The molecule has 2 heterocycles. The largest absolute Gasteiger partial charge is 0.368 e. The highest BCUT2D eigenvalue weighted by Gasteiger charge is 2.25. The van der Waals surface area contributed by atoms with Crippen LogP contribution in [0.3, 0.4) is 0 Å². The second-order valence-electron chi connectivity index (χ2n) is 5.23. The second-order valence-corrected chi connectivity index (χ2v) is 5.23. The summed E-state index contributed by atoms with van der Waals surface area (Å²) in [5, 5.41) is 6.05. The minimum Gasteiger partial charge on any atom is -0.368 e. The lowest BCUT2D eigenvalue weighted by atomic mass is 10.1. The molecule has 22 heavy (non-hydrogen) atoms. The van der Waals surface area contributed by atoms with Crippen LogP contribution in [-0.4, -0.2) is 27.2 Å². The minimum atomic E-state index is 0.0656. The molecule has 0 saturated heterocycles. The summed E-state index contributed by atoms with van der Waals surface area (Å²) in [4.78, 5) is 12.9. The van der Waals surface area contributed by atoms with Crippen LogP contribution < -0.4 is 5.73 Å². The van der Waals surface area contributed by atoms with E-state index in [9.17, 15) is 0 Å². The third-order valence-electron chi connectivity index (χ3n) is 3.43. The normalized spacial score (nSPS) is 18.0. The Labute approximate surface area is 129 Å². The van der Waals surface area contributed by atoms with Crippen LogP contribution in [0.15, 0.2) is 46.5 Å². The average molecular weight is 294 g/mol. The van der Waals surface area contributed by atoms with Gasteiger partial charge in [0, 0.05) is 24.0 Å². The zero-order chi connectivity index (χ0) is 15.5. The lowest BCUT2D eigenvalue weighted by molar-refractivity contribution is 0.366. The summed E-state index contributed by atoms with van der Waals surface area (Å²) < 4.78 is 0. The van der Waals surface area contributed by atoms with E-state index in [0.29, 0.717) is 11.9 Å². The molecule has 2 aromatic rings. The van der Waals surface area contributed by atoms with E-state index in [4.69, 9.17) is 5.73 Å². The fourth-order valence-corrected chi connectivity index (χ4v) is 2.50. The van der Waals surface area contributed by atoms with E-state index in [1.165, 1.54) is 0 Å². The molecule has 112 valence electrons. The lowest BCUT2D eigenvalue weighted by Gasteiger charge is -2.22. The number of aryl methyl sites for hydroxylation is 2. The molecule has 0 unspecified atom stereocenters. The Morgan fingerprint density at radius 1 is 1.18 bits per heavy atom. The molecule has 1 aromatic heterocycles. The summed E-state index contributed by atoms with van der Waals surface area (Å²) in [5.74, 6) is 0.663. The van der Waals surface area contributed by atoms with Crippen LogP contribution >= 0.6 is 0 Å². The Balaban J connectivity index is 1.88. The van der Waals surface area contributed by atoms with Crippen LogP contribution in [0, 0.1) is 13.8 Å². The molecule has 0 spiro atoms. The van der Waals surface area contributed by atoms with Gasteiger partial charge in [-0.05, 0) is 25.5 Å². The van der Waals surface area contributed by atoms with Gasteiger partial charge in [-0.2, -0.15) is 10.1 Å². The van der Waals surface area contributed by atoms with Crippen molar-refractivity contribution in [2.24, 2.45) is 15.8 Å². The highest BCUT2D eigenvalue weighted by Crippen LogP contribution is 2.27. The molecule has 0 aliphatic carbocycles. The summed E-state index contributed by atoms with van der Waals surface area (Å²) in [5.41, 5.74) is 9.00. The van der Waals surface area contributed by atoms with Gasteiger partial charge in [0.05, 0.1) is 6.04 Å². The van der Waals surface area contributed by atoms with Crippen LogP contribution in [0.5, 0.6) is 0 Å². The predicted molar refractivity (Wildman–Crippen MR) is 86.9 cm³/mol. The first kappa shape index (κ1) is 14.2.